The number of carbonyl (C=O) groups is 1. The smallest absolute Gasteiger partial charge is 0.271 e. The number of methoxy groups -OCH3 is 2. The number of aromatic nitrogens is 1. The van der Waals surface area contributed by atoms with E-state index in [0.29, 0.717) is 37.8 Å². The Morgan fingerprint density at radius 2 is 1.68 bits per heavy atom. The number of carbonyl (C=O) groups excluding carboxylic acids is 1. The number of allylic oxidation sites excluding steroid dienone is 1. The molecule has 1 amide bonds. The second-order valence-corrected chi connectivity index (χ2v) is 9.46. The molecule has 8 heteroatoms. The lowest BCUT2D eigenvalue weighted by atomic mass is 9.95. The standard InChI is InChI=1S/C29H25N3O4S/c1-18-25(27(33)31-21-11-5-4-6-12-21)26(20-10-8-14-23(17-20)36-3)32-28(34)24(37-29(32)30-18)16-19-9-7-13-22(15-19)35-2/h4-17,26H,1-3H3,(H,31,33)/b24-16-. The summed E-state index contributed by atoms with van der Waals surface area (Å²) in [7, 11) is 3.19. The molecule has 5 rings (SSSR count). The van der Waals surface area contributed by atoms with E-state index in [2.05, 4.69) is 10.3 Å². The van der Waals surface area contributed by atoms with Crippen molar-refractivity contribution in [1.29, 1.82) is 0 Å². The largest absolute Gasteiger partial charge is 0.497 e. The van der Waals surface area contributed by atoms with E-state index in [9.17, 15) is 9.59 Å². The molecule has 1 unspecified atom stereocenters. The van der Waals surface area contributed by atoms with Crippen LogP contribution < -0.4 is 29.7 Å². The SMILES string of the molecule is COc1cccc(/C=c2\sc3n(c2=O)C(c2cccc(OC)c2)C(C(=O)Nc2ccccc2)=C(C)N=3)c1. The lowest BCUT2D eigenvalue weighted by molar-refractivity contribution is -0.113. The number of hydrogen-bond donors (Lipinski definition) is 1. The minimum Gasteiger partial charge on any atom is -0.497 e. The first-order chi connectivity index (χ1) is 18.0. The number of rotatable bonds is 6. The summed E-state index contributed by atoms with van der Waals surface area (Å²) < 4.78 is 12.9. The van der Waals surface area contributed by atoms with Crippen LogP contribution in [0.3, 0.4) is 0 Å². The summed E-state index contributed by atoms with van der Waals surface area (Å²) in [5.41, 5.74) is 2.97. The van der Waals surface area contributed by atoms with Gasteiger partial charge >= 0.3 is 0 Å². The third-order valence-corrected chi connectivity index (χ3v) is 7.08. The number of para-hydroxylation sites is 1. The van der Waals surface area contributed by atoms with Crippen LogP contribution in [0.15, 0.2) is 99.9 Å². The second-order valence-electron chi connectivity index (χ2n) is 8.46. The summed E-state index contributed by atoms with van der Waals surface area (Å²) in [5.74, 6) is 1.02. The number of hydrogen-bond acceptors (Lipinski definition) is 6. The molecule has 0 spiro atoms. The molecule has 1 aromatic heterocycles. The van der Waals surface area contributed by atoms with E-state index in [1.165, 1.54) is 11.3 Å². The number of nitrogens with zero attached hydrogens (tertiary/aromatic N) is 2. The molecule has 0 saturated carbocycles. The second kappa shape index (κ2) is 10.3. The van der Waals surface area contributed by atoms with Crippen LogP contribution >= 0.6 is 11.3 Å². The van der Waals surface area contributed by atoms with Gasteiger partial charge in [0.1, 0.15) is 11.5 Å². The van der Waals surface area contributed by atoms with Crippen molar-refractivity contribution in [2.75, 3.05) is 19.5 Å². The van der Waals surface area contributed by atoms with E-state index >= 15 is 0 Å². The number of benzene rings is 3. The number of fused-ring (bicyclic) bond motifs is 1. The first-order valence-corrected chi connectivity index (χ1v) is 12.5. The van der Waals surface area contributed by atoms with Crippen LogP contribution in [0, 0.1) is 0 Å². The van der Waals surface area contributed by atoms with Gasteiger partial charge in [-0.05, 0) is 60.5 Å². The highest BCUT2D eigenvalue weighted by Crippen LogP contribution is 2.32. The molecule has 1 atom stereocenters. The lowest BCUT2D eigenvalue weighted by Crippen LogP contribution is -2.40. The van der Waals surface area contributed by atoms with E-state index in [0.717, 1.165) is 11.1 Å². The number of anilines is 1. The van der Waals surface area contributed by atoms with Crippen molar-refractivity contribution in [3.05, 3.63) is 121 Å². The van der Waals surface area contributed by atoms with Gasteiger partial charge in [-0.3, -0.25) is 14.2 Å². The molecule has 1 N–H and O–H groups in total. The monoisotopic (exact) mass is 511 g/mol. The fourth-order valence-electron chi connectivity index (χ4n) is 4.34. The Kier molecular flexibility index (Phi) is 6.74. The van der Waals surface area contributed by atoms with E-state index in [1.54, 1.807) is 25.7 Å². The summed E-state index contributed by atoms with van der Waals surface area (Å²) in [4.78, 5) is 32.6. The molecule has 37 heavy (non-hydrogen) atoms. The maximum Gasteiger partial charge on any atom is 0.271 e. The minimum atomic E-state index is -0.678. The Bertz CT molecular complexity index is 1690. The molecular weight excluding hydrogens is 486 g/mol. The van der Waals surface area contributed by atoms with Gasteiger partial charge in [0.15, 0.2) is 4.80 Å². The predicted molar refractivity (Wildman–Crippen MR) is 145 cm³/mol. The Labute approximate surface area is 217 Å². The average molecular weight is 512 g/mol. The number of nitrogens with one attached hydrogen (secondary N) is 1. The molecule has 1 aliphatic heterocycles. The van der Waals surface area contributed by atoms with Crippen LogP contribution in [0.4, 0.5) is 5.69 Å². The highest BCUT2D eigenvalue weighted by atomic mass is 32.1. The van der Waals surface area contributed by atoms with Crippen molar-refractivity contribution in [2.45, 2.75) is 13.0 Å². The zero-order chi connectivity index (χ0) is 25.9. The van der Waals surface area contributed by atoms with Crippen LogP contribution in [0.1, 0.15) is 24.1 Å². The molecule has 1 aliphatic rings. The number of thiazole rings is 1. The topological polar surface area (TPSA) is 81.9 Å². The molecule has 0 radical (unpaired) electrons. The Morgan fingerprint density at radius 1 is 0.973 bits per heavy atom. The Morgan fingerprint density at radius 3 is 2.41 bits per heavy atom. The maximum atomic E-state index is 13.8. The molecule has 7 nitrogen and oxygen atoms in total. The van der Waals surface area contributed by atoms with Gasteiger partial charge in [0.25, 0.3) is 11.5 Å². The third-order valence-electron chi connectivity index (χ3n) is 6.10. The van der Waals surface area contributed by atoms with Crippen molar-refractivity contribution in [3.63, 3.8) is 0 Å². The number of ether oxygens (including phenoxy) is 2. The summed E-state index contributed by atoms with van der Waals surface area (Å²) in [6.07, 6.45) is 1.82. The highest BCUT2D eigenvalue weighted by Gasteiger charge is 2.32. The summed E-state index contributed by atoms with van der Waals surface area (Å²) >= 11 is 1.29. The van der Waals surface area contributed by atoms with Crippen molar-refractivity contribution in [1.82, 2.24) is 4.57 Å². The van der Waals surface area contributed by atoms with Gasteiger partial charge in [-0.25, -0.2) is 4.99 Å². The molecule has 2 heterocycles. The molecule has 3 aromatic carbocycles. The van der Waals surface area contributed by atoms with E-state index in [1.807, 2.05) is 84.9 Å². The zero-order valence-electron chi connectivity index (χ0n) is 20.6. The van der Waals surface area contributed by atoms with Gasteiger partial charge in [0, 0.05) is 5.69 Å². The van der Waals surface area contributed by atoms with Crippen molar-refractivity contribution in [3.8, 4) is 11.5 Å². The van der Waals surface area contributed by atoms with Gasteiger partial charge in [-0.1, -0.05) is 53.8 Å². The maximum absolute atomic E-state index is 13.8. The van der Waals surface area contributed by atoms with Crippen LogP contribution in [-0.2, 0) is 4.79 Å². The van der Waals surface area contributed by atoms with Crippen molar-refractivity contribution < 1.29 is 14.3 Å². The van der Waals surface area contributed by atoms with Gasteiger partial charge < -0.3 is 14.8 Å². The van der Waals surface area contributed by atoms with E-state index in [-0.39, 0.29) is 11.5 Å². The molecular formula is C29H25N3O4S. The van der Waals surface area contributed by atoms with Gasteiger partial charge in [0.05, 0.1) is 36.1 Å². The molecule has 0 saturated heterocycles. The first-order valence-electron chi connectivity index (χ1n) is 11.7. The Balaban J connectivity index is 1.68. The van der Waals surface area contributed by atoms with E-state index in [4.69, 9.17) is 9.47 Å². The van der Waals surface area contributed by atoms with Gasteiger partial charge in [-0.2, -0.15) is 0 Å². The van der Waals surface area contributed by atoms with Crippen LogP contribution in [-0.4, -0.2) is 24.7 Å². The summed E-state index contributed by atoms with van der Waals surface area (Å²) in [6.45, 7) is 1.80. The minimum absolute atomic E-state index is 0.225. The molecule has 186 valence electrons. The molecule has 0 aliphatic carbocycles. The molecule has 0 fully saturated rings. The fraction of sp³-hybridized carbons (Fsp3) is 0.138. The average Bonchev–Trinajstić information content (AvgIpc) is 3.22. The van der Waals surface area contributed by atoms with Crippen LogP contribution in [0.5, 0.6) is 11.5 Å². The van der Waals surface area contributed by atoms with Crippen molar-refractivity contribution >= 4 is 29.0 Å². The molecule has 0 bridgehead atoms. The Hall–Kier alpha value is -4.43. The lowest BCUT2D eigenvalue weighted by Gasteiger charge is -2.25. The zero-order valence-corrected chi connectivity index (χ0v) is 21.4. The third kappa shape index (κ3) is 4.83. The normalized spacial score (nSPS) is 15.1. The van der Waals surface area contributed by atoms with E-state index < -0.39 is 6.04 Å². The quantitative estimate of drug-likeness (QED) is 0.426. The van der Waals surface area contributed by atoms with Crippen LogP contribution in [0.2, 0.25) is 0 Å². The van der Waals surface area contributed by atoms with Crippen LogP contribution in [0.25, 0.3) is 6.08 Å². The fourth-order valence-corrected chi connectivity index (χ4v) is 5.39. The highest BCUT2D eigenvalue weighted by molar-refractivity contribution is 7.07. The summed E-state index contributed by atoms with van der Waals surface area (Å²) in [5, 5.41) is 2.96. The summed E-state index contributed by atoms with van der Waals surface area (Å²) in [6, 6.07) is 23.4. The van der Waals surface area contributed by atoms with Gasteiger partial charge in [-0.15, -0.1) is 0 Å². The van der Waals surface area contributed by atoms with Crippen molar-refractivity contribution in [2.24, 2.45) is 4.99 Å². The first kappa shape index (κ1) is 24.3. The molecule has 4 aromatic rings. The van der Waals surface area contributed by atoms with Gasteiger partial charge in [0.2, 0.25) is 0 Å². The predicted octanol–water partition coefficient (Wildman–Crippen LogP) is 3.89. The number of amides is 1.